The molecule has 1 heterocycles. The maximum absolute atomic E-state index is 5.01. The summed E-state index contributed by atoms with van der Waals surface area (Å²) in [7, 11) is 0. The number of ether oxygens (including phenoxy) is 1. The van der Waals surface area contributed by atoms with Crippen LogP contribution in [0.3, 0.4) is 0 Å². The van der Waals surface area contributed by atoms with Crippen LogP contribution in [0.4, 0.5) is 0 Å². The quantitative estimate of drug-likeness (QED) is 0.495. The summed E-state index contributed by atoms with van der Waals surface area (Å²) in [6.07, 6.45) is 2.32. The molecule has 2 heteroatoms. The van der Waals surface area contributed by atoms with Crippen LogP contribution in [0.1, 0.15) is 12.8 Å². The van der Waals surface area contributed by atoms with Crippen molar-refractivity contribution in [1.29, 1.82) is 0 Å². The molecule has 0 aromatic carbocycles. The molecule has 1 rings (SSSR count). The Morgan fingerprint density at radius 1 is 1.71 bits per heavy atom. The van der Waals surface area contributed by atoms with Crippen molar-refractivity contribution < 1.29 is 4.74 Å². The molecule has 1 atom stereocenters. The second kappa shape index (κ2) is 2.68. The Morgan fingerprint density at radius 2 is 2.57 bits per heavy atom. The van der Waals surface area contributed by atoms with E-state index in [4.69, 9.17) is 4.74 Å². The molecule has 1 unspecified atom stereocenters. The summed E-state index contributed by atoms with van der Waals surface area (Å²) in [5.74, 6) is 0. The summed E-state index contributed by atoms with van der Waals surface area (Å²) in [4.78, 5) is 0.595. The van der Waals surface area contributed by atoms with Crippen LogP contribution >= 0.6 is 15.9 Å². The first kappa shape index (κ1) is 5.57. The van der Waals surface area contributed by atoms with Crippen molar-refractivity contribution in [3.8, 4) is 0 Å². The molecule has 0 aromatic rings. The predicted octanol–water partition coefficient (Wildman–Crippen LogP) is 1.72. The van der Waals surface area contributed by atoms with E-state index in [1.807, 2.05) is 6.61 Å². The zero-order valence-corrected chi connectivity index (χ0v) is 5.65. The Hall–Kier alpha value is 0.440. The minimum absolute atomic E-state index is 0.595. The van der Waals surface area contributed by atoms with Gasteiger partial charge in [0.1, 0.15) is 0 Å². The fraction of sp³-hybridized carbons (Fsp3) is 0.800. The molecule has 0 bridgehead atoms. The van der Waals surface area contributed by atoms with Gasteiger partial charge in [-0.05, 0) is 12.8 Å². The molecule has 0 aromatic heterocycles. The first-order valence-electron chi connectivity index (χ1n) is 2.47. The van der Waals surface area contributed by atoms with Gasteiger partial charge in [-0.2, -0.15) is 0 Å². The standard InChI is InChI=1S/C5H8BrO/c6-5-2-1-3-7-4-5/h3,5H,1-2,4H2. The molecule has 1 nitrogen and oxygen atoms in total. The zero-order chi connectivity index (χ0) is 5.11. The molecule has 1 saturated heterocycles. The summed E-state index contributed by atoms with van der Waals surface area (Å²) in [6, 6.07) is 0. The van der Waals surface area contributed by atoms with Gasteiger partial charge in [0.15, 0.2) is 0 Å². The van der Waals surface area contributed by atoms with Crippen LogP contribution in [-0.2, 0) is 4.74 Å². The molecule has 0 saturated carbocycles. The van der Waals surface area contributed by atoms with E-state index in [1.165, 1.54) is 6.42 Å². The van der Waals surface area contributed by atoms with E-state index in [1.54, 1.807) is 0 Å². The van der Waals surface area contributed by atoms with Gasteiger partial charge >= 0.3 is 0 Å². The number of rotatable bonds is 0. The first-order valence-corrected chi connectivity index (χ1v) is 3.38. The molecular formula is C5H8BrO. The van der Waals surface area contributed by atoms with Crippen molar-refractivity contribution in [2.45, 2.75) is 17.7 Å². The van der Waals surface area contributed by atoms with Crippen molar-refractivity contribution in [3.05, 3.63) is 6.61 Å². The molecule has 41 valence electrons. The largest absolute Gasteiger partial charge is 0.374 e. The lowest BCUT2D eigenvalue weighted by Crippen LogP contribution is -2.12. The minimum atomic E-state index is 0.595. The lowest BCUT2D eigenvalue weighted by Gasteiger charge is -2.14. The maximum atomic E-state index is 5.01. The third-order valence-electron chi connectivity index (χ3n) is 0.993. The van der Waals surface area contributed by atoms with Crippen LogP contribution in [0.15, 0.2) is 0 Å². The first-order chi connectivity index (χ1) is 3.39. The van der Waals surface area contributed by atoms with Crippen LogP contribution in [-0.4, -0.2) is 11.4 Å². The van der Waals surface area contributed by atoms with Gasteiger partial charge in [-0.1, -0.05) is 15.9 Å². The Kier molecular flexibility index (Phi) is 2.13. The van der Waals surface area contributed by atoms with Crippen molar-refractivity contribution in [2.75, 3.05) is 6.61 Å². The minimum Gasteiger partial charge on any atom is -0.374 e. The molecule has 0 spiro atoms. The van der Waals surface area contributed by atoms with Gasteiger partial charge < -0.3 is 4.74 Å². The predicted molar refractivity (Wildman–Crippen MR) is 32.2 cm³/mol. The van der Waals surface area contributed by atoms with Crippen LogP contribution in [0.5, 0.6) is 0 Å². The summed E-state index contributed by atoms with van der Waals surface area (Å²) < 4.78 is 5.01. The number of hydrogen-bond acceptors (Lipinski definition) is 1. The van der Waals surface area contributed by atoms with Crippen molar-refractivity contribution in [2.24, 2.45) is 0 Å². The smallest absolute Gasteiger partial charge is 0.0837 e. The fourth-order valence-electron chi connectivity index (χ4n) is 0.588. The van der Waals surface area contributed by atoms with E-state index < -0.39 is 0 Å². The Labute approximate surface area is 52.2 Å². The summed E-state index contributed by atoms with van der Waals surface area (Å²) in [6.45, 7) is 2.72. The fourth-order valence-corrected chi connectivity index (χ4v) is 1.00. The normalized spacial score (nSPS) is 33.0. The second-order valence-corrected chi connectivity index (χ2v) is 2.97. The van der Waals surface area contributed by atoms with Crippen molar-refractivity contribution in [3.63, 3.8) is 0 Å². The molecule has 1 radical (unpaired) electrons. The molecular weight excluding hydrogens is 156 g/mol. The average molecular weight is 164 g/mol. The van der Waals surface area contributed by atoms with Crippen LogP contribution in [0.2, 0.25) is 0 Å². The van der Waals surface area contributed by atoms with E-state index in [9.17, 15) is 0 Å². The van der Waals surface area contributed by atoms with Crippen LogP contribution < -0.4 is 0 Å². The van der Waals surface area contributed by atoms with Crippen molar-refractivity contribution >= 4 is 15.9 Å². The Balaban J connectivity index is 2.12. The van der Waals surface area contributed by atoms with E-state index in [2.05, 4.69) is 15.9 Å². The van der Waals surface area contributed by atoms with Crippen LogP contribution in [0.25, 0.3) is 0 Å². The van der Waals surface area contributed by atoms with E-state index in [0.717, 1.165) is 13.0 Å². The molecule has 0 amide bonds. The van der Waals surface area contributed by atoms with E-state index >= 15 is 0 Å². The van der Waals surface area contributed by atoms with Gasteiger partial charge in [0.2, 0.25) is 0 Å². The average Bonchev–Trinajstić information content (AvgIpc) is 1.69. The molecule has 1 aliphatic rings. The molecule has 0 N–H and O–H groups in total. The highest BCUT2D eigenvalue weighted by molar-refractivity contribution is 9.09. The Morgan fingerprint density at radius 3 is 2.86 bits per heavy atom. The van der Waals surface area contributed by atoms with Gasteiger partial charge in [-0.3, -0.25) is 0 Å². The second-order valence-electron chi connectivity index (χ2n) is 1.67. The zero-order valence-electron chi connectivity index (χ0n) is 4.06. The highest BCUT2D eigenvalue weighted by atomic mass is 79.9. The lowest BCUT2D eigenvalue weighted by atomic mass is 10.2. The molecule has 7 heavy (non-hydrogen) atoms. The van der Waals surface area contributed by atoms with Gasteiger partial charge in [-0.15, -0.1) is 0 Å². The van der Waals surface area contributed by atoms with Gasteiger partial charge in [0.05, 0.1) is 13.2 Å². The number of halogens is 1. The summed E-state index contributed by atoms with van der Waals surface area (Å²) in [5.41, 5.74) is 0. The summed E-state index contributed by atoms with van der Waals surface area (Å²) >= 11 is 3.44. The maximum Gasteiger partial charge on any atom is 0.0837 e. The SMILES string of the molecule is BrC1CC[CH]OC1. The van der Waals surface area contributed by atoms with E-state index in [-0.39, 0.29) is 0 Å². The third kappa shape index (κ3) is 1.78. The van der Waals surface area contributed by atoms with Gasteiger partial charge in [0.25, 0.3) is 0 Å². The lowest BCUT2D eigenvalue weighted by molar-refractivity contribution is 0.162. The van der Waals surface area contributed by atoms with Gasteiger partial charge in [0, 0.05) is 4.83 Å². The number of hydrogen-bond donors (Lipinski definition) is 0. The van der Waals surface area contributed by atoms with Crippen molar-refractivity contribution in [1.82, 2.24) is 0 Å². The number of alkyl halides is 1. The third-order valence-corrected chi connectivity index (χ3v) is 1.71. The van der Waals surface area contributed by atoms with E-state index in [0.29, 0.717) is 4.83 Å². The van der Waals surface area contributed by atoms with Crippen LogP contribution in [0, 0.1) is 6.61 Å². The monoisotopic (exact) mass is 163 g/mol. The highest BCUT2D eigenvalue weighted by Gasteiger charge is 2.08. The topological polar surface area (TPSA) is 9.23 Å². The highest BCUT2D eigenvalue weighted by Crippen LogP contribution is 2.15. The Bertz CT molecular complexity index is 50.0. The molecule has 1 fully saturated rings. The summed E-state index contributed by atoms with van der Waals surface area (Å²) in [5, 5.41) is 0. The molecule has 1 aliphatic heterocycles. The molecule has 0 aliphatic carbocycles. The van der Waals surface area contributed by atoms with Gasteiger partial charge in [-0.25, -0.2) is 0 Å².